The van der Waals surface area contributed by atoms with E-state index >= 15 is 4.39 Å². The Bertz CT molecular complexity index is 1290. The van der Waals surface area contributed by atoms with Gasteiger partial charge >= 0.3 is 0 Å². The average Bonchev–Trinajstić information content (AvgIpc) is 3.29. The molecular weight excluding hydrogens is 441 g/mol. The van der Waals surface area contributed by atoms with Gasteiger partial charge in [-0.15, -0.1) is 11.3 Å². The van der Waals surface area contributed by atoms with Crippen LogP contribution in [0.5, 0.6) is 5.75 Å². The second kappa shape index (κ2) is 8.90. The zero-order chi connectivity index (χ0) is 23.1. The fraction of sp³-hybridized carbons (Fsp3) is 0.440. The van der Waals surface area contributed by atoms with Gasteiger partial charge in [0.1, 0.15) is 29.0 Å². The molecule has 1 unspecified atom stereocenters. The summed E-state index contributed by atoms with van der Waals surface area (Å²) in [6, 6.07) is 7.42. The Labute approximate surface area is 195 Å². The summed E-state index contributed by atoms with van der Waals surface area (Å²) in [5, 5.41) is 9.63. The SMILES string of the molecule is CCC(O)C#Cc1cc2ncn(-c3ccc(O[C@H]4C[C@H]5CC[C@@H](C4)N5C)cc3F)c(=O)c2s1. The van der Waals surface area contributed by atoms with Gasteiger partial charge in [0, 0.05) is 18.2 Å². The topological polar surface area (TPSA) is 67.6 Å². The molecule has 172 valence electrons. The normalized spacial score (nSPS) is 23.3. The van der Waals surface area contributed by atoms with Crippen LogP contribution in [0.4, 0.5) is 4.39 Å². The molecule has 4 atom stereocenters. The first-order valence-corrected chi connectivity index (χ1v) is 12.1. The Kier molecular flexibility index (Phi) is 5.95. The molecule has 6 nitrogen and oxygen atoms in total. The minimum Gasteiger partial charge on any atom is -0.490 e. The van der Waals surface area contributed by atoms with E-state index < -0.39 is 11.9 Å². The zero-order valence-corrected chi connectivity index (χ0v) is 19.4. The third-order valence-electron chi connectivity index (χ3n) is 6.72. The molecular formula is C25H26FN3O3S. The summed E-state index contributed by atoms with van der Waals surface area (Å²) in [5.41, 5.74) is 0.287. The maximum atomic E-state index is 15.0. The molecule has 3 aromatic rings. The van der Waals surface area contributed by atoms with Crippen LogP contribution < -0.4 is 10.3 Å². The number of halogens is 1. The average molecular weight is 468 g/mol. The largest absolute Gasteiger partial charge is 0.490 e. The van der Waals surface area contributed by atoms with Gasteiger partial charge in [-0.3, -0.25) is 9.36 Å². The smallest absolute Gasteiger partial charge is 0.275 e. The van der Waals surface area contributed by atoms with E-state index in [-0.39, 0.29) is 17.4 Å². The molecule has 2 aliphatic rings. The molecule has 0 saturated carbocycles. The summed E-state index contributed by atoms with van der Waals surface area (Å²) in [7, 11) is 2.17. The standard InChI is InChI=1S/C25H26FN3O3S/c1-3-17(30)6-8-20-13-22-24(33-20)25(31)29(14-27-22)23-9-7-18(12-21(23)26)32-19-10-15-4-5-16(11-19)28(15)2/h7,9,12-17,19,30H,3-5,10-11H2,1-2H3/t15-,16+,17?,19+. The van der Waals surface area contributed by atoms with Crippen LogP contribution in [-0.4, -0.2) is 50.9 Å². The van der Waals surface area contributed by atoms with Crippen molar-refractivity contribution in [1.29, 1.82) is 0 Å². The third kappa shape index (κ3) is 4.29. The highest BCUT2D eigenvalue weighted by molar-refractivity contribution is 7.19. The van der Waals surface area contributed by atoms with Crippen molar-refractivity contribution in [3.8, 4) is 23.3 Å². The zero-order valence-electron chi connectivity index (χ0n) is 18.6. The number of ether oxygens (including phenoxy) is 1. The summed E-state index contributed by atoms with van der Waals surface area (Å²) < 4.78 is 22.8. The maximum Gasteiger partial charge on any atom is 0.275 e. The molecule has 0 amide bonds. The van der Waals surface area contributed by atoms with Crippen molar-refractivity contribution in [2.24, 2.45) is 0 Å². The molecule has 33 heavy (non-hydrogen) atoms. The predicted octanol–water partition coefficient (Wildman–Crippen LogP) is 3.71. The van der Waals surface area contributed by atoms with Crippen LogP contribution in [0, 0.1) is 17.7 Å². The lowest BCUT2D eigenvalue weighted by Gasteiger charge is -2.36. The van der Waals surface area contributed by atoms with Crippen molar-refractivity contribution in [2.45, 2.75) is 63.3 Å². The number of fused-ring (bicyclic) bond motifs is 3. The van der Waals surface area contributed by atoms with Crippen molar-refractivity contribution in [2.75, 3.05) is 7.05 Å². The molecule has 1 aromatic carbocycles. The number of aromatic nitrogens is 2. The van der Waals surface area contributed by atoms with Crippen LogP contribution in [0.2, 0.25) is 0 Å². The molecule has 2 bridgehead atoms. The number of thiophene rings is 1. The Morgan fingerprint density at radius 1 is 1.30 bits per heavy atom. The highest BCUT2D eigenvalue weighted by Gasteiger charge is 2.39. The number of hydrogen-bond donors (Lipinski definition) is 1. The summed E-state index contributed by atoms with van der Waals surface area (Å²) in [6.07, 6.45) is 5.54. The Balaban J connectivity index is 1.38. The van der Waals surface area contributed by atoms with E-state index in [1.54, 1.807) is 18.2 Å². The molecule has 2 saturated heterocycles. The number of nitrogens with zero attached hydrogens (tertiary/aromatic N) is 3. The predicted molar refractivity (Wildman–Crippen MR) is 127 cm³/mol. The van der Waals surface area contributed by atoms with E-state index in [4.69, 9.17) is 4.74 Å². The molecule has 2 fully saturated rings. The molecule has 2 aromatic heterocycles. The van der Waals surface area contributed by atoms with Crippen LogP contribution in [0.1, 0.15) is 43.9 Å². The van der Waals surface area contributed by atoms with Crippen LogP contribution in [0.3, 0.4) is 0 Å². The van der Waals surface area contributed by atoms with Crippen molar-refractivity contribution in [3.63, 3.8) is 0 Å². The van der Waals surface area contributed by atoms with Crippen LogP contribution in [0.25, 0.3) is 15.9 Å². The fourth-order valence-electron chi connectivity index (χ4n) is 4.81. The van der Waals surface area contributed by atoms with Crippen molar-refractivity contribution >= 4 is 21.6 Å². The summed E-state index contributed by atoms with van der Waals surface area (Å²) >= 11 is 1.19. The third-order valence-corrected chi connectivity index (χ3v) is 7.75. The lowest BCUT2D eigenvalue weighted by molar-refractivity contribution is 0.0660. The molecule has 5 rings (SSSR count). The van der Waals surface area contributed by atoms with Gasteiger partial charge in [-0.05, 0) is 57.4 Å². The quantitative estimate of drug-likeness (QED) is 0.593. The molecule has 0 spiro atoms. The fourth-order valence-corrected chi connectivity index (χ4v) is 5.71. The second-order valence-corrected chi connectivity index (χ2v) is 9.87. The minimum atomic E-state index is -0.709. The summed E-state index contributed by atoms with van der Waals surface area (Å²) in [4.78, 5) is 20.4. The van der Waals surface area contributed by atoms with Crippen molar-refractivity contribution in [3.05, 3.63) is 51.6 Å². The van der Waals surface area contributed by atoms with E-state index in [2.05, 4.69) is 28.8 Å². The van der Waals surface area contributed by atoms with Gasteiger partial charge in [0.2, 0.25) is 0 Å². The molecule has 8 heteroatoms. The van der Waals surface area contributed by atoms with Crippen LogP contribution in [0.15, 0.2) is 35.4 Å². The van der Waals surface area contributed by atoms with Gasteiger partial charge in [-0.1, -0.05) is 18.8 Å². The van der Waals surface area contributed by atoms with Gasteiger partial charge in [-0.2, -0.15) is 0 Å². The van der Waals surface area contributed by atoms with E-state index in [0.717, 1.165) is 12.8 Å². The minimum absolute atomic E-state index is 0.0848. The van der Waals surface area contributed by atoms with Crippen molar-refractivity contribution in [1.82, 2.24) is 14.5 Å². The molecule has 2 aliphatic heterocycles. The Morgan fingerprint density at radius 3 is 2.76 bits per heavy atom. The van der Waals surface area contributed by atoms with E-state index in [9.17, 15) is 9.90 Å². The van der Waals surface area contributed by atoms with Gasteiger partial charge in [0.15, 0.2) is 5.82 Å². The Hall–Kier alpha value is -2.73. The summed E-state index contributed by atoms with van der Waals surface area (Å²) in [5.74, 6) is 5.57. The molecule has 0 aliphatic carbocycles. The highest BCUT2D eigenvalue weighted by atomic mass is 32.1. The maximum absolute atomic E-state index is 15.0. The first kappa shape index (κ1) is 22.1. The van der Waals surface area contributed by atoms with Gasteiger partial charge in [0.25, 0.3) is 5.56 Å². The summed E-state index contributed by atoms with van der Waals surface area (Å²) in [6.45, 7) is 1.84. The van der Waals surface area contributed by atoms with E-state index in [1.165, 1.54) is 41.1 Å². The number of aliphatic hydroxyl groups excluding tert-OH is 1. The number of aliphatic hydroxyl groups is 1. The van der Waals surface area contributed by atoms with Gasteiger partial charge in [-0.25, -0.2) is 9.37 Å². The first-order valence-electron chi connectivity index (χ1n) is 11.3. The first-order chi connectivity index (χ1) is 15.9. The molecule has 0 radical (unpaired) electrons. The lowest BCUT2D eigenvalue weighted by Crippen LogP contribution is -2.43. The number of hydrogen-bond acceptors (Lipinski definition) is 6. The van der Waals surface area contributed by atoms with Crippen molar-refractivity contribution < 1.29 is 14.2 Å². The van der Waals surface area contributed by atoms with Crippen LogP contribution >= 0.6 is 11.3 Å². The monoisotopic (exact) mass is 467 g/mol. The molecule has 4 heterocycles. The van der Waals surface area contributed by atoms with E-state index in [0.29, 0.717) is 39.3 Å². The highest BCUT2D eigenvalue weighted by Crippen LogP contribution is 2.36. The van der Waals surface area contributed by atoms with Gasteiger partial charge in [0.05, 0.1) is 16.1 Å². The Morgan fingerprint density at radius 2 is 2.06 bits per heavy atom. The van der Waals surface area contributed by atoms with Gasteiger partial charge < -0.3 is 14.7 Å². The van der Waals surface area contributed by atoms with E-state index in [1.807, 2.05) is 6.92 Å². The lowest BCUT2D eigenvalue weighted by atomic mass is 10.0. The number of rotatable bonds is 4. The number of piperidine rings is 1. The second-order valence-electron chi connectivity index (χ2n) is 8.81. The van der Waals surface area contributed by atoms with Crippen LogP contribution in [-0.2, 0) is 0 Å². The number of benzene rings is 1. The molecule has 1 N–H and O–H groups in total.